The maximum atomic E-state index is 13.9. The third kappa shape index (κ3) is 2.68. The lowest BCUT2D eigenvalue weighted by Crippen LogP contribution is -2.18. The third-order valence-electron chi connectivity index (χ3n) is 2.41. The molecular weight excluding hydrogens is 260 g/mol. The molecule has 1 atom stereocenters. The van der Waals surface area contributed by atoms with E-state index in [9.17, 15) is 8.78 Å². The lowest BCUT2D eigenvalue weighted by molar-refractivity contribution is 0.555. The van der Waals surface area contributed by atoms with Crippen molar-refractivity contribution in [3.63, 3.8) is 0 Å². The van der Waals surface area contributed by atoms with Crippen LogP contribution in [0.25, 0.3) is 5.69 Å². The number of nitrogens with zero attached hydrogens (tertiary/aromatic N) is 2. The summed E-state index contributed by atoms with van der Waals surface area (Å²) in [4.78, 5) is 0. The smallest absolute Gasteiger partial charge is 0.152 e. The summed E-state index contributed by atoms with van der Waals surface area (Å²) in [5, 5.41) is 4.09. The number of hydrogen-bond acceptors (Lipinski definition) is 2. The fourth-order valence-electron chi connectivity index (χ4n) is 1.75. The molecule has 96 valence electrons. The van der Waals surface area contributed by atoms with Crippen LogP contribution in [0.15, 0.2) is 24.5 Å². The van der Waals surface area contributed by atoms with Crippen molar-refractivity contribution in [2.24, 2.45) is 5.73 Å². The van der Waals surface area contributed by atoms with Crippen LogP contribution in [0.3, 0.4) is 0 Å². The van der Waals surface area contributed by atoms with Gasteiger partial charge in [0.15, 0.2) is 11.6 Å². The molecular formula is C12H12ClF2N3. The highest BCUT2D eigenvalue weighted by Gasteiger charge is 2.14. The Morgan fingerprint density at radius 1 is 1.39 bits per heavy atom. The molecule has 0 saturated carbocycles. The minimum Gasteiger partial charge on any atom is -0.328 e. The Kier molecular flexibility index (Phi) is 3.63. The molecule has 0 bridgehead atoms. The first-order valence-electron chi connectivity index (χ1n) is 5.41. The van der Waals surface area contributed by atoms with Crippen molar-refractivity contribution < 1.29 is 8.78 Å². The van der Waals surface area contributed by atoms with Gasteiger partial charge in [-0.2, -0.15) is 5.10 Å². The van der Waals surface area contributed by atoms with Crippen LogP contribution in [0.5, 0.6) is 0 Å². The van der Waals surface area contributed by atoms with Gasteiger partial charge in [-0.1, -0.05) is 11.6 Å². The molecule has 0 aliphatic heterocycles. The average Bonchev–Trinajstić information content (AvgIpc) is 2.62. The van der Waals surface area contributed by atoms with Crippen LogP contribution >= 0.6 is 11.6 Å². The van der Waals surface area contributed by atoms with Gasteiger partial charge in [-0.15, -0.1) is 0 Å². The summed E-state index contributed by atoms with van der Waals surface area (Å²) >= 11 is 5.67. The lowest BCUT2D eigenvalue weighted by Gasteiger charge is -2.09. The molecule has 0 aliphatic rings. The molecule has 2 rings (SSSR count). The number of benzene rings is 1. The Morgan fingerprint density at radius 2 is 2.00 bits per heavy atom. The third-order valence-corrected chi connectivity index (χ3v) is 2.61. The van der Waals surface area contributed by atoms with E-state index < -0.39 is 11.6 Å². The summed E-state index contributed by atoms with van der Waals surface area (Å²) in [5.74, 6) is -1.38. The molecule has 6 heteroatoms. The SMILES string of the molecule is CC(N)Cc1cc(F)c(-n2cc(Cl)cn2)c(F)c1. The maximum absolute atomic E-state index is 13.9. The molecule has 0 spiro atoms. The van der Waals surface area contributed by atoms with Gasteiger partial charge in [0, 0.05) is 12.2 Å². The van der Waals surface area contributed by atoms with Gasteiger partial charge in [-0.05, 0) is 31.0 Å². The summed E-state index contributed by atoms with van der Waals surface area (Å²) in [6.45, 7) is 1.77. The quantitative estimate of drug-likeness (QED) is 0.933. The number of rotatable bonds is 3. The molecule has 2 aromatic rings. The molecule has 0 amide bonds. The standard InChI is InChI=1S/C12H12ClF2N3/c1-7(16)2-8-3-10(14)12(11(15)4-8)18-6-9(13)5-17-18/h3-7H,2,16H2,1H3. The molecule has 0 radical (unpaired) electrons. The van der Waals surface area contributed by atoms with Gasteiger partial charge < -0.3 is 5.73 Å². The normalized spacial score (nSPS) is 12.7. The molecule has 3 nitrogen and oxygen atoms in total. The zero-order valence-electron chi connectivity index (χ0n) is 9.70. The van der Waals surface area contributed by atoms with Crippen LogP contribution in [-0.4, -0.2) is 15.8 Å². The highest BCUT2D eigenvalue weighted by Crippen LogP contribution is 2.21. The van der Waals surface area contributed by atoms with Crippen molar-refractivity contribution in [1.82, 2.24) is 9.78 Å². The van der Waals surface area contributed by atoms with E-state index in [1.807, 2.05) is 0 Å². The molecule has 2 N–H and O–H groups in total. The van der Waals surface area contributed by atoms with E-state index in [2.05, 4.69) is 5.10 Å². The minimum absolute atomic E-state index is 0.159. The van der Waals surface area contributed by atoms with Crippen molar-refractivity contribution in [3.05, 3.63) is 46.7 Å². The zero-order chi connectivity index (χ0) is 13.3. The first-order chi connectivity index (χ1) is 8.47. The second-order valence-corrected chi connectivity index (χ2v) is 4.63. The molecule has 1 aromatic heterocycles. The maximum Gasteiger partial charge on any atom is 0.152 e. The molecule has 0 saturated heterocycles. The average molecular weight is 272 g/mol. The van der Waals surface area contributed by atoms with E-state index in [-0.39, 0.29) is 11.7 Å². The molecule has 0 aliphatic carbocycles. The summed E-state index contributed by atoms with van der Waals surface area (Å²) in [7, 11) is 0. The second kappa shape index (κ2) is 5.04. The molecule has 1 aromatic carbocycles. The number of hydrogen-bond donors (Lipinski definition) is 1. The first kappa shape index (κ1) is 13.0. The minimum atomic E-state index is -0.689. The number of nitrogens with two attached hydrogens (primary N) is 1. The van der Waals surface area contributed by atoms with Gasteiger partial charge in [0.1, 0.15) is 5.69 Å². The van der Waals surface area contributed by atoms with E-state index in [1.54, 1.807) is 6.92 Å². The highest BCUT2D eigenvalue weighted by molar-refractivity contribution is 6.30. The predicted molar refractivity (Wildman–Crippen MR) is 65.8 cm³/mol. The number of aromatic nitrogens is 2. The van der Waals surface area contributed by atoms with Crippen molar-refractivity contribution >= 4 is 11.6 Å². The van der Waals surface area contributed by atoms with Crippen LogP contribution in [0.4, 0.5) is 8.78 Å². The van der Waals surface area contributed by atoms with Crippen LogP contribution in [0.2, 0.25) is 5.02 Å². The second-order valence-electron chi connectivity index (χ2n) is 4.19. The van der Waals surface area contributed by atoms with Gasteiger partial charge in [0.2, 0.25) is 0 Å². The molecule has 18 heavy (non-hydrogen) atoms. The van der Waals surface area contributed by atoms with Gasteiger partial charge in [-0.25, -0.2) is 13.5 Å². The van der Waals surface area contributed by atoms with Crippen LogP contribution in [0, 0.1) is 11.6 Å². The van der Waals surface area contributed by atoms with Crippen molar-refractivity contribution in [2.75, 3.05) is 0 Å². The van der Waals surface area contributed by atoms with Crippen molar-refractivity contribution in [2.45, 2.75) is 19.4 Å². The van der Waals surface area contributed by atoms with Gasteiger partial charge in [0.05, 0.1) is 11.2 Å². The fraction of sp³-hybridized carbons (Fsp3) is 0.250. The van der Waals surface area contributed by atoms with Crippen molar-refractivity contribution in [1.29, 1.82) is 0 Å². The fourth-order valence-corrected chi connectivity index (χ4v) is 1.89. The topological polar surface area (TPSA) is 43.8 Å². The lowest BCUT2D eigenvalue weighted by atomic mass is 10.1. The summed E-state index contributed by atoms with van der Waals surface area (Å²) in [6.07, 6.45) is 3.07. The predicted octanol–water partition coefficient (Wildman–Crippen LogP) is 2.69. The monoisotopic (exact) mass is 271 g/mol. The van der Waals surface area contributed by atoms with Crippen LogP contribution in [-0.2, 0) is 6.42 Å². The largest absolute Gasteiger partial charge is 0.328 e. The van der Waals surface area contributed by atoms with E-state index in [4.69, 9.17) is 17.3 Å². The van der Waals surface area contributed by atoms with Crippen LogP contribution in [0.1, 0.15) is 12.5 Å². The molecule has 1 heterocycles. The first-order valence-corrected chi connectivity index (χ1v) is 5.79. The summed E-state index contributed by atoms with van der Waals surface area (Å²) in [5.41, 5.74) is 5.87. The van der Waals surface area contributed by atoms with E-state index >= 15 is 0 Å². The van der Waals surface area contributed by atoms with E-state index in [0.29, 0.717) is 17.0 Å². The van der Waals surface area contributed by atoms with Gasteiger partial charge >= 0.3 is 0 Å². The van der Waals surface area contributed by atoms with Crippen molar-refractivity contribution in [3.8, 4) is 5.69 Å². The Hall–Kier alpha value is -1.46. The van der Waals surface area contributed by atoms with Crippen LogP contribution < -0.4 is 5.73 Å². The highest BCUT2D eigenvalue weighted by atomic mass is 35.5. The van der Waals surface area contributed by atoms with E-state index in [0.717, 1.165) is 4.68 Å². The summed E-state index contributed by atoms with van der Waals surface area (Å²) < 4.78 is 28.8. The van der Waals surface area contributed by atoms with Gasteiger partial charge in [0.25, 0.3) is 0 Å². The van der Waals surface area contributed by atoms with E-state index in [1.165, 1.54) is 24.5 Å². The Morgan fingerprint density at radius 3 is 2.44 bits per heavy atom. The summed E-state index contributed by atoms with van der Waals surface area (Å²) in [6, 6.07) is 2.36. The zero-order valence-corrected chi connectivity index (χ0v) is 10.5. The number of halogens is 3. The Bertz CT molecular complexity index is 543. The Balaban J connectivity index is 2.44. The molecule has 0 fully saturated rings. The Labute approximate surface area is 108 Å². The van der Waals surface area contributed by atoms with Gasteiger partial charge in [-0.3, -0.25) is 0 Å². The molecule has 1 unspecified atom stereocenters.